The van der Waals surface area contributed by atoms with Crippen molar-refractivity contribution in [3.63, 3.8) is 0 Å². The molecule has 0 saturated carbocycles. The van der Waals surface area contributed by atoms with Crippen molar-refractivity contribution in [2.75, 3.05) is 13.2 Å². The number of fused-ring (bicyclic) bond motifs is 1. The molecule has 7 heteroatoms. The van der Waals surface area contributed by atoms with Crippen LogP contribution in [0.15, 0.2) is 48.9 Å². The largest absolute Gasteiger partial charge is 0.504 e. The average molecular weight is 364 g/mol. The van der Waals surface area contributed by atoms with Crippen molar-refractivity contribution < 1.29 is 14.6 Å². The normalized spacial score (nSPS) is 13.6. The highest BCUT2D eigenvalue weighted by Gasteiger charge is 2.25. The van der Waals surface area contributed by atoms with Gasteiger partial charge in [0.2, 0.25) is 0 Å². The second-order valence-corrected chi connectivity index (χ2v) is 6.36. The van der Waals surface area contributed by atoms with E-state index in [0.717, 1.165) is 16.7 Å². The number of amides is 1. The number of aryl methyl sites for hydroxylation is 1. The fraction of sp³-hybridized carbons (Fsp3) is 0.250. The summed E-state index contributed by atoms with van der Waals surface area (Å²) in [7, 11) is 0. The molecule has 27 heavy (non-hydrogen) atoms. The van der Waals surface area contributed by atoms with Crippen molar-refractivity contribution in [1.29, 1.82) is 0 Å². The molecule has 1 N–H and O–H groups in total. The maximum Gasteiger partial charge on any atom is 0.274 e. The van der Waals surface area contributed by atoms with Gasteiger partial charge in [-0.3, -0.25) is 14.5 Å². The van der Waals surface area contributed by atoms with Crippen LogP contribution in [-0.4, -0.2) is 43.8 Å². The van der Waals surface area contributed by atoms with E-state index < -0.39 is 0 Å². The minimum Gasteiger partial charge on any atom is -0.504 e. The minimum atomic E-state index is -0.148. The lowest BCUT2D eigenvalue weighted by Crippen LogP contribution is -2.32. The molecule has 1 aromatic carbocycles. The van der Waals surface area contributed by atoms with Crippen LogP contribution in [0, 0.1) is 0 Å². The Bertz CT molecular complexity index is 969. The molecule has 0 unspecified atom stereocenters. The number of ether oxygens (including phenoxy) is 1. The third-order valence-electron chi connectivity index (χ3n) is 4.58. The van der Waals surface area contributed by atoms with Crippen LogP contribution in [0.3, 0.4) is 0 Å². The molecule has 0 aliphatic carbocycles. The van der Waals surface area contributed by atoms with Crippen LogP contribution in [-0.2, 0) is 13.1 Å². The summed E-state index contributed by atoms with van der Waals surface area (Å²) in [6.45, 7) is 3.76. The molecule has 0 fully saturated rings. The third kappa shape index (κ3) is 3.36. The number of aromatic nitrogens is 3. The number of nitrogens with zero attached hydrogens (tertiary/aromatic N) is 4. The second kappa shape index (κ2) is 7.11. The molecule has 1 amide bonds. The van der Waals surface area contributed by atoms with E-state index in [0.29, 0.717) is 37.7 Å². The quantitative estimate of drug-likeness (QED) is 0.773. The smallest absolute Gasteiger partial charge is 0.274 e. The zero-order valence-electron chi connectivity index (χ0n) is 15.0. The highest BCUT2D eigenvalue weighted by molar-refractivity contribution is 5.92. The van der Waals surface area contributed by atoms with Gasteiger partial charge in [0.15, 0.2) is 11.5 Å². The standard InChI is InChI=1S/C20H20N4O3/c1-2-24-7-5-17(22-24)20(26)23-8-9-27-19-16(13-23)10-15(11-18(19)25)14-4-3-6-21-12-14/h3-7,10-12,25H,2,8-9,13H2,1H3. The van der Waals surface area contributed by atoms with Crippen LogP contribution in [0.5, 0.6) is 11.5 Å². The van der Waals surface area contributed by atoms with Crippen molar-refractivity contribution in [2.24, 2.45) is 0 Å². The molecule has 4 rings (SSSR count). The Morgan fingerprint density at radius 2 is 2.19 bits per heavy atom. The molecule has 3 aromatic rings. The number of aromatic hydroxyl groups is 1. The summed E-state index contributed by atoms with van der Waals surface area (Å²) in [5.41, 5.74) is 2.88. The van der Waals surface area contributed by atoms with Gasteiger partial charge in [0.1, 0.15) is 12.3 Å². The van der Waals surface area contributed by atoms with E-state index in [4.69, 9.17) is 4.74 Å². The second-order valence-electron chi connectivity index (χ2n) is 6.36. The molecule has 0 radical (unpaired) electrons. The number of carbonyl (C=O) groups is 1. The predicted octanol–water partition coefficient (Wildman–Crippen LogP) is 2.71. The Hall–Kier alpha value is -3.35. The van der Waals surface area contributed by atoms with Crippen LogP contribution in [0.25, 0.3) is 11.1 Å². The Labute approximate surface area is 156 Å². The lowest BCUT2D eigenvalue weighted by molar-refractivity contribution is 0.0726. The molecule has 7 nitrogen and oxygen atoms in total. The fourth-order valence-corrected chi connectivity index (χ4v) is 3.19. The van der Waals surface area contributed by atoms with Crippen LogP contribution < -0.4 is 4.74 Å². The molecule has 138 valence electrons. The van der Waals surface area contributed by atoms with Crippen molar-refractivity contribution >= 4 is 5.91 Å². The van der Waals surface area contributed by atoms with E-state index in [1.54, 1.807) is 40.3 Å². The number of hydrogen-bond donors (Lipinski definition) is 1. The zero-order chi connectivity index (χ0) is 18.8. The van der Waals surface area contributed by atoms with Crippen molar-refractivity contribution in [3.8, 4) is 22.6 Å². The van der Waals surface area contributed by atoms with Gasteiger partial charge in [0.25, 0.3) is 5.91 Å². The van der Waals surface area contributed by atoms with Gasteiger partial charge in [-0.15, -0.1) is 0 Å². The third-order valence-corrected chi connectivity index (χ3v) is 4.58. The van der Waals surface area contributed by atoms with E-state index in [9.17, 15) is 9.90 Å². The zero-order valence-corrected chi connectivity index (χ0v) is 15.0. The number of carbonyl (C=O) groups excluding carboxylic acids is 1. The van der Waals surface area contributed by atoms with Crippen LogP contribution >= 0.6 is 0 Å². The molecule has 1 aliphatic rings. The SMILES string of the molecule is CCn1ccc(C(=O)N2CCOc3c(O)cc(-c4cccnc4)cc3C2)n1. The Kier molecular flexibility index (Phi) is 4.50. The van der Waals surface area contributed by atoms with Crippen molar-refractivity contribution in [2.45, 2.75) is 20.0 Å². The van der Waals surface area contributed by atoms with Gasteiger partial charge < -0.3 is 14.7 Å². The summed E-state index contributed by atoms with van der Waals surface area (Å²) < 4.78 is 7.45. The van der Waals surface area contributed by atoms with Crippen molar-refractivity contribution in [3.05, 3.63) is 60.2 Å². The van der Waals surface area contributed by atoms with Gasteiger partial charge in [0.05, 0.1) is 6.54 Å². The summed E-state index contributed by atoms with van der Waals surface area (Å²) in [6.07, 6.45) is 5.23. The lowest BCUT2D eigenvalue weighted by Gasteiger charge is -2.19. The molecule has 1 aliphatic heterocycles. The molecular formula is C20H20N4O3. The number of benzene rings is 1. The van der Waals surface area contributed by atoms with E-state index in [-0.39, 0.29) is 11.7 Å². The molecule has 3 heterocycles. The topological polar surface area (TPSA) is 80.5 Å². The van der Waals surface area contributed by atoms with Gasteiger partial charge in [-0.2, -0.15) is 5.10 Å². The lowest BCUT2D eigenvalue weighted by atomic mass is 10.0. The number of phenolic OH excluding ortho intramolecular Hbond substituents is 1. The number of pyridine rings is 1. The number of phenols is 1. The summed E-state index contributed by atoms with van der Waals surface area (Å²) in [5, 5.41) is 14.7. The molecule has 2 aromatic heterocycles. The van der Waals surface area contributed by atoms with E-state index >= 15 is 0 Å². The Morgan fingerprint density at radius 1 is 1.30 bits per heavy atom. The van der Waals surface area contributed by atoms with Crippen LogP contribution in [0.4, 0.5) is 0 Å². The van der Waals surface area contributed by atoms with E-state index in [2.05, 4.69) is 10.1 Å². The maximum atomic E-state index is 12.9. The number of rotatable bonds is 3. The van der Waals surface area contributed by atoms with E-state index in [1.165, 1.54) is 0 Å². The van der Waals surface area contributed by atoms with Crippen LogP contribution in [0.1, 0.15) is 23.0 Å². The van der Waals surface area contributed by atoms with Gasteiger partial charge in [0, 0.05) is 42.8 Å². The maximum absolute atomic E-state index is 12.9. The first-order valence-electron chi connectivity index (χ1n) is 8.87. The van der Waals surface area contributed by atoms with Gasteiger partial charge in [-0.25, -0.2) is 0 Å². The minimum absolute atomic E-state index is 0.0657. The van der Waals surface area contributed by atoms with E-state index in [1.807, 2.05) is 25.1 Å². The predicted molar refractivity (Wildman–Crippen MR) is 99.5 cm³/mol. The Morgan fingerprint density at radius 3 is 2.93 bits per heavy atom. The summed E-state index contributed by atoms with van der Waals surface area (Å²) in [4.78, 5) is 18.7. The van der Waals surface area contributed by atoms with Gasteiger partial charge in [-0.1, -0.05) is 6.07 Å². The highest BCUT2D eigenvalue weighted by atomic mass is 16.5. The summed E-state index contributed by atoms with van der Waals surface area (Å²) in [6, 6.07) is 9.08. The molecule has 0 spiro atoms. The first-order valence-corrected chi connectivity index (χ1v) is 8.87. The summed E-state index contributed by atoms with van der Waals surface area (Å²) in [5.74, 6) is 0.345. The molecular weight excluding hydrogens is 344 g/mol. The summed E-state index contributed by atoms with van der Waals surface area (Å²) >= 11 is 0. The first kappa shape index (κ1) is 17.1. The monoisotopic (exact) mass is 364 g/mol. The molecule has 0 saturated heterocycles. The molecule has 0 atom stereocenters. The molecule has 0 bridgehead atoms. The fourth-order valence-electron chi connectivity index (χ4n) is 3.19. The highest BCUT2D eigenvalue weighted by Crippen LogP contribution is 2.37. The Balaban J connectivity index is 1.66. The van der Waals surface area contributed by atoms with Crippen LogP contribution in [0.2, 0.25) is 0 Å². The van der Waals surface area contributed by atoms with Gasteiger partial charge in [-0.05, 0) is 36.8 Å². The van der Waals surface area contributed by atoms with Crippen molar-refractivity contribution in [1.82, 2.24) is 19.7 Å². The average Bonchev–Trinajstić information content (AvgIpc) is 3.07. The number of hydrogen-bond acceptors (Lipinski definition) is 5. The van der Waals surface area contributed by atoms with Gasteiger partial charge >= 0.3 is 0 Å². The first-order chi connectivity index (χ1) is 13.2.